The van der Waals surface area contributed by atoms with Crippen LogP contribution in [-0.4, -0.2) is 59.1 Å². The van der Waals surface area contributed by atoms with E-state index in [1.165, 1.54) is 11.1 Å². The molecule has 0 unspecified atom stereocenters. The first-order chi connectivity index (χ1) is 11.7. The molecule has 1 N–H and O–H groups in total. The van der Waals surface area contributed by atoms with Gasteiger partial charge in [0.05, 0.1) is 6.10 Å². The smallest absolute Gasteiger partial charge is 0.225 e. The molecule has 2 aliphatic carbocycles. The van der Waals surface area contributed by atoms with Gasteiger partial charge in [0.1, 0.15) is 0 Å². The summed E-state index contributed by atoms with van der Waals surface area (Å²) in [7, 11) is 0. The number of aliphatic hydroxyl groups excluding tert-OH is 1. The Kier molecular flexibility index (Phi) is 4.59. The van der Waals surface area contributed by atoms with Gasteiger partial charge in [-0.25, -0.2) is 0 Å². The van der Waals surface area contributed by atoms with Crippen LogP contribution in [0.5, 0.6) is 0 Å². The van der Waals surface area contributed by atoms with Crippen molar-refractivity contribution in [2.24, 2.45) is 5.92 Å². The number of fused-ring (bicyclic) bond motifs is 1. The Morgan fingerprint density at radius 2 is 1.67 bits per heavy atom. The van der Waals surface area contributed by atoms with E-state index in [-0.39, 0.29) is 17.9 Å². The third kappa shape index (κ3) is 3.22. The van der Waals surface area contributed by atoms with E-state index in [1.807, 2.05) is 4.90 Å². The molecule has 24 heavy (non-hydrogen) atoms. The SMILES string of the molecule is O=C([C@@H]1CCC[C@H](O)C1)N1CCN(C2Cc3ccccc3C2)CC1. The quantitative estimate of drug-likeness (QED) is 0.901. The molecule has 4 heteroatoms. The molecule has 1 saturated heterocycles. The molecule has 1 amide bonds. The topological polar surface area (TPSA) is 43.8 Å². The number of amides is 1. The van der Waals surface area contributed by atoms with Crippen molar-refractivity contribution in [1.82, 2.24) is 9.80 Å². The lowest BCUT2D eigenvalue weighted by Gasteiger charge is -2.40. The maximum Gasteiger partial charge on any atom is 0.225 e. The van der Waals surface area contributed by atoms with Gasteiger partial charge >= 0.3 is 0 Å². The Morgan fingerprint density at radius 3 is 2.29 bits per heavy atom. The average Bonchev–Trinajstić information content (AvgIpc) is 3.05. The molecule has 1 aliphatic heterocycles. The highest BCUT2D eigenvalue weighted by molar-refractivity contribution is 5.79. The van der Waals surface area contributed by atoms with E-state index in [9.17, 15) is 9.90 Å². The van der Waals surface area contributed by atoms with E-state index in [1.54, 1.807) is 0 Å². The minimum Gasteiger partial charge on any atom is -0.393 e. The number of benzene rings is 1. The molecule has 0 spiro atoms. The van der Waals surface area contributed by atoms with E-state index in [0.717, 1.165) is 58.3 Å². The van der Waals surface area contributed by atoms with Gasteiger partial charge in [-0.05, 0) is 43.2 Å². The summed E-state index contributed by atoms with van der Waals surface area (Å²) in [4.78, 5) is 17.3. The second-order valence-electron chi connectivity index (χ2n) is 7.71. The fourth-order valence-corrected chi connectivity index (χ4v) is 4.75. The predicted octanol–water partition coefficient (Wildman–Crippen LogP) is 1.85. The highest BCUT2D eigenvalue weighted by Crippen LogP contribution is 2.28. The summed E-state index contributed by atoms with van der Waals surface area (Å²) < 4.78 is 0. The summed E-state index contributed by atoms with van der Waals surface area (Å²) in [6, 6.07) is 9.39. The van der Waals surface area contributed by atoms with Crippen molar-refractivity contribution in [1.29, 1.82) is 0 Å². The van der Waals surface area contributed by atoms with Crippen molar-refractivity contribution in [2.75, 3.05) is 26.2 Å². The van der Waals surface area contributed by atoms with E-state index in [0.29, 0.717) is 12.5 Å². The van der Waals surface area contributed by atoms with Crippen molar-refractivity contribution in [3.63, 3.8) is 0 Å². The minimum absolute atomic E-state index is 0.0519. The van der Waals surface area contributed by atoms with Gasteiger partial charge in [-0.2, -0.15) is 0 Å². The van der Waals surface area contributed by atoms with Crippen LogP contribution in [0.3, 0.4) is 0 Å². The van der Waals surface area contributed by atoms with Crippen molar-refractivity contribution in [2.45, 2.75) is 50.7 Å². The first-order valence-electron chi connectivity index (χ1n) is 9.48. The molecular weight excluding hydrogens is 300 g/mol. The van der Waals surface area contributed by atoms with Crippen LogP contribution in [0, 0.1) is 5.92 Å². The van der Waals surface area contributed by atoms with Crippen molar-refractivity contribution < 1.29 is 9.90 Å². The zero-order valence-corrected chi connectivity index (χ0v) is 14.4. The third-order valence-corrected chi connectivity index (χ3v) is 6.17. The van der Waals surface area contributed by atoms with E-state index >= 15 is 0 Å². The average molecular weight is 328 g/mol. The van der Waals surface area contributed by atoms with E-state index < -0.39 is 0 Å². The van der Waals surface area contributed by atoms with Gasteiger partial charge in [0.15, 0.2) is 0 Å². The van der Waals surface area contributed by atoms with Crippen molar-refractivity contribution in [3.05, 3.63) is 35.4 Å². The Hall–Kier alpha value is -1.39. The van der Waals surface area contributed by atoms with Crippen LogP contribution in [0.2, 0.25) is 0 Å². The van der Waals surface area contributed by atoms with Crippen LogP contribution >= 0.6 is 0 Å². The number of rotatable bonds is 2. The lowest BCUT2D eigenvalue weighted by Crippen LogP contribution is -2.53. The summed E-state index contributed by atoms with van der Waals surface area (Å²) in [6.07, 6.45) is 5.49. The molecule has 4 rings (SSSR count). The molecule has 4 nitrogen and oxygen atoms in total. The minimum atomic E-state index is -0.272. The van der Waals surface area contributed by atoms with Gasteiger partial charge in [-0.3, -0.25) is 9.69 Å². The Balaban J connectivity index is 1.30. The van der Waals surface area contributed by atoms with Crippen LogP contribution in [-0.2, 0) is 17.6 Å². The van der Waals surface area contributed by atoms with Crippen molar-refractivity contribution in [3.8, 4) is 0 Å². The molecule has 0 bridgehead atoms. The van der Waals surface area contributed by atoms with Crippen LogP contribution in [0.1, 0.15) is 36.8 Å². The second-order valence-corrected chi connectivity index (χ2v) is 7.71. The first-order valence-corrected chi connectivity index (χ1v) is 9.48. The second kappa shape index (κ2) is 6.85. The van der Waals surface area contributed by atoms with Gasteiger partial charge in [-0.1, -0.05) is 30.7 Å². The molecule has 0 radical (unpaired) electrons. The molecule has 1 heterocycles. The highest BCUT2D eigenvalue weighted by atomic mass is 16.3. The molecule has 1 aromatic rings. The van der Waals surface area contributed by atoms with Crippen LogP contribution in [0.4, 0.5) is 0 Å². The summed E-state index contributed by atoms with van der Waals surface area (Å²) in [5.74, 6) is 0.333. The molecule has 130 valence electrons. The van der Waals surface area contributed by atoms with Crippen LogP contribution in [0.15, 0.2) is 24.3 Å². The van der Waals surface area contributed by atoms with Crippen LogP contribution < -0.4 is 0 Å². The fourth-order valence-electron chi connectivity index (χ4n) is 4.75. The van der Waals surface area contributed by atoms with Gasteiger partial charge in [0.2, 0.25) is 5.91 Å². The number of hydrogen-bond acceptors (Lipinski definition) is 3. The molecule has 2 fully saturated rings. The number of carbonyl (C=O) groups excluding carboxylic acids is 1. The number of hydrogen-bond donors (Lipinski definition) is 1. The van der Waals surface area contributed by atoms with Crippen LogP contribution in [0.25, 0.3) is 0 Å². The predicted molar refractivity (Wildman–Crippen MR) is 93.8 cm³/mol. The monoisotopic (exact) mass is 328 g/mol. The summed E-state index contributed by atoms with van der Waals surface area (Å²) in [5.41, 5.74) is 2.99. The maximum absolute atomic E-state index is 12.7. The number of carbonyl (C=O) groups is 1. The molecular formula is C20H28N2O2. The van der Waals surface area contributed by atoms with Gasteiger partial charge in [-0.15, -0.1) is 0 Å². The molecule has 2 atom stereocenters. The summed E-state index contributed by atoms with van der Waals surface area (Å²) >= 11 is 0. The zero-order valence-electron chi connectivity index (χ0n) is 14.4. The Labute approximate surface area is 144 Å². The van der Waals surface area contributed by atoms with Crippen molar-refractivity contribution >= 4 is 5.91 Å². The molecule has 0 aromatic heterocycles. The summed E-state index contributed by atoms with van der Waals surface area (Å²) in [5, 5.41) is 9.82. The molecule has 3 aliphatic rings. The fraction of sp³-hybridized carbons (Fsp3) is 0.650. The standard InChI is InChI=1S/C20H28N2O2/c23-19-7-3-6-17(14-19)20(24)22-10-8-21(9-11-22)18-12-15-4-1-2-5-16(15)13-18/h1-2,4-5,17-19,23H,3,6-14H2/t17-,19+/m1/s1. The van der Waals surface area contributed by atoms with E-state index in [2.05, 4.69) is 29.2 Å². The first kappa shape index (κ1) is 16.1. The molecule has 1 saturated carbocycles. The number of aliphatic hydroxyl groups is 1. The largest absolute Gasteiger partial charge is 0.393 e. The molecule has 1 aromatic carbocycles. The highest BCUT2D eigenvalue weighted by Gasteiger charge is 2.33. The van der Waals surface area contributed by atoms with Gasteiger partial charge < -0.3 is 10.0 Å². The lowest BCUT2D eigenvalue weighted by molar-refractivity contribution is -0.140. The summed E-state index contributed by atoms with van der Waals surface area (Å²) in [6.45, 7) is 3.66. The number of piperazine rings is 1. The Bertz CT molecular complexity index is 570. The number of nitrogens with zero attached hydrogens (tertiary/aromatic N) is 2. The lowest BCUT2D eigenvalue weighted by atomic mass is 9.86. The normalized spacial score (nSPS) is 28.8. The van der Waals surface area contributed by atoms with Gasteiger partial charge in [0.25, 0.3) is 0 Å². The third-order valence-electron chi connectivity index (χ3n) is 6.17. The van der Waals surface area contributed by atoms with E-state index in [4.69, 9.17) is 0 Å². The maximum atomic E-state index is 12.7. The Morgan fingerprint density at radius 1 is 1.00 bits per heavy atom. The van der Waals surface area contributed by atoms with Gasteiger partial charge in [0, 0.05) is 38.1 Å². The zero-order chi connectivity index (χ0) is 16.5.